The van der Waals surface area contributed by atoms with E-state index in [1.807, 2.05) is 35.7 Å². The summed E-state index contributed by atoms with van der Waals surface area (Å²) < 4.78 is 6.09. The average molecular weight is 397 g/mol. The van der Waals surface area contributed by atoms with Gasteiger partial charge in [-0.2, -0.15) is 0 Å². The second-order valence-electron chi connectivity index (χ2n) is 4.82. The maximum atomic E-state index is 12.4. The third-order valence-corrected chi connectivity index (χ3v) is 6.05. The van der Waals surface area contributed by atoms with E-state index < -0.39 is 0 Å². The van der Waals surface area contributed by atoms with Gasteiger partial charge in [-0.15, -0.1) is 22.7 Å². The van der Waals surface area contributed by atoms with Gasteiger partial charge >= 0.3 is 0 Å². The molecule has 2 heterocycles. The SMILES string of the molecule is COc1ccc2c(Cl)c(C(=O)NC(=S)NCc3cccs3)sc2c1. The van der Waals surface area contributed by atoms with Crippen LogP contribution in [0.2, 0.25) is 5.02 Å². The average Bonchev–Trinajstić information content (AvgIpc) is 3.20. The molecule has 2 aromatic heterocycles. The summed E-state index contributed by atoms with van der Waals surface area (Å²) in [5.41, 5.74) is 0. The highest BCUT2D eigenvalue weighted by Gasteiger charge is 2.18. The molecule has 0 fully saturated rings. The third-order valence-electron chi connectivity index (χ3n) is 3.27. The minimum Gasteiger partial charge on any atom is -0.497 e. The largest absolute Gasteiger partial charge is 0.497 e. The van der Waals surface area contributed by atoms with Crippen LogP contribution in [0.5, 0.6) is 5.75 Å². The molecular formula is C16H13ClN2O2S3. The minimum atomic E-state index is -0.316. The van der Waals surface area contributed by atoms with E-state index in [2.05, 4.69) is 10.6 Å². The molecule has 0 saturated carbocycles. The number of hydrogen-bond acceptors (Lipinski definition) is 5. The van der Waals surface area contributed by atoms with Gasteiger partial charge in [0.25, 0.3) is 5.91 Å². The van der Waals surface area contributed by atoms with Gasteiger partial charge in [-0.05, 0) is 41.9 Å². The molecule has 4 nitrogen and oxygen atoms in total. The summed E-state index contributed by atoms with van der Waals surface area (Å²) in [4.78, 5) is 14.0. The Balaban J connectivity index is 1.71. The number of rotatable bonds is 4. The first-order chi connectivity index (χ1) is 11.6. The quantitative estimate of drug-likeness (QED) is 0.640. The first kappa shape index (κ1) is 17.2. The van der Waals surface area contributed by atoms with E-state index in [4.69, 9.17) is 28.6 Å². The van der Waals surface area contributed by atoms with Crippen molar-refractivity contribution in [2.24, 2.45) is 0 Å². The number of benzene rings is 1. The first-order valence-electron chi connectivity index (χ1n) is 6.96. The van der Waals surface area contributed by atoms with E-state index in [9.17, 15) is 4.79 Å². The molecule has 1 aromatic carbocycles. The Hall–Kier alpha value is -1.67. The maximum absolute atomic E-state index is 12.4. The summed E-state index contributed by atoms with van der Waals surface area (Å²) in [7, 11) is 1.60. The van der Waals surface area contributed by atoms with Crippen LogP contribution in [-0.2, 0) is 6.54 Å². The molecule has 0 unspecified atom stereocenters. The Morgan fingerprint density at radius 2 is 2.21 bits per heavy atom. The number of amides is 1. The molecule has 8 heteroatoms. The van der Waals surface area contributed by atoms with Crippen molar-refractivity contribution in [1.29, 1.82) is 0 Å². The second kappa shape index (κ2) is 7.48. The predicted molar refractivity (Wildman–Crippen MR) is 105 cm³/mol. The lowest BCUT2D eigenvalue weighted by Gasteiger charge is -2.07. The number of ether oxygens (including phenoxy) is 1. The number of halogens is 1. The number of carbonyl (C=O) groups excluding carboxylic acids is 1. The normalized spacial score (nSPS) is 10.6. The highest BCUT2D eigenvalue weighted by atomic mass is 35.5. The molecule has 0 aliphatic carbocycles. The lowest BCUT2D eigenvalue weighted by Crippen LogP contribution is -2.38. The summed E-state index contributed by atoms with van der Waals surface area (Å²) >= 11 is 14.4. The molecule has 0 radical (unpaired) electrons. The van der Waals surface area contributed by atoms with Crippen LogP contribution in [-0.4, -0.2) is 18.1 Å². The number of thiophene rings is 2. The maximum Gasteiger partial charge on any atom is 0.269 e. The zero-order valence-electron chi connectivity index (χ0n) is 12.6. The van der Waals surface area contributed by atoms with E-state index >= 15 is 0 Å². The van der Waals surface area contributed by atoms with Crippen LogP contribution < -0.4 is 15.4 Å². The van der Waals surface area contributed by atoms with Crippen molar-refractivity contribution in [3.63, 3.8) is 0 Å². The number of nitrogens with one attached hydrogen (secondary N) is 2. The number of hydrogen-bond donors (Lipinski definition) is 2. The summed E-state index contributed by atoms with van der Waals surface area (Å²) in [6, 6.07) is 9.48. The van der Waals surface area contributed by atoms with Crippen molar-refractivity contribution < 1.29 is 9.53 Å². The zero-order valence-corrected chi connectivity index (χ0v) is 15.8. The second-order valence-corrected chi connectivity index (χ2v) is 7.69. The van der Waals surface area contributed by atoms with Crippen molar-refractivity contribution in [2.75, 3.05) is 7.11 Å². The van der Waals surface area contributed by atoms with Gasteiger partial charge in [-0.1, -0.05) is 17.7 Å². The Bertz CT molecular complexity index is 890. The van der Waals surface area contributed by atoms with E-state index in [-0.39, 0.29) is 11.0 Å². The first-order valence-corrected chi connectivity index (χ1v) is 9.44. The Labute approximate surface area is 157 Å². The van der Waals surface area contributed by atoms with Crippen LogP contribution in [0.3, 0.4) is 0 Å². The zero-order chi connectivity index (χ0) is 17.1. The lowest BCUT2D eigenvalue weighted by atomic mass is 10.2. The van der Waals surface area contributed by atoms with Gasteiger partial charge in [0, 0.05) is 15.0 Å². The molecule has 1 amide bonds. The number of thiocarbonyl (C=S) groups is 1. The van der Waals surface area contributed by atoms with E-state index in [1.54, 1.807) is 18.4 Å². The minimum absolute atomic E-state index is 0.277. The lowest BCUT2D eigenvalue weighted by molar-refractivity contribution is 0.0981. The van der Waals surface area contributed by atoms with Gasteiger partial charge < -0.3 is 10.1 Å². The third kappa shape index (κ3) is 3.70. The van der Waals surface area contributed by atoms with Gasteiger partial charge in [-0.25, -0.2) is 0 Å². The number of methoxy groups -OCH3 is 1. The smallest absolute Gasteiger partial charge is 0.269 e. The summed E-state index contributed by atoms with van der Waals surface area (Å²) in [6.45, 7) is 0.578. The van der Waals surface area contributed by atoms with Crippen LogP contribution in [0.25, 0.3) is 10.1 Å². The molecule has 0 bridgehead atoms. The molecule has 0 spiro atoms. The molecule has 24 heavy (non-hydrogen) atoms. The van der Waals surface area contributed by atoms with Gasteiger partial charge in [0.15, 0.2) is 5.11 Å². The fraction of sp³-hybridized carbons (Fsp3) is 0.125. The summed E-state index contributed by atoms with van der Waals surface area (Å²) in [5, 5.41) is 9.20. The Morgan fingerprint density at radius 3 is 2.92 bits per heavy atom. The molecule has 2 N–H and O–H groups in total. The van der Waals surface area contributed by atoms with E-state index in [1.165, 1.54) is 11.3 Å². The fourth-order valence-electron chi connectivity index (χ4n) is 2.10. The van der Waals surface area contributed by atoms with Crippen LogP contribution in [0.15, 0.2) is 35.7 Å². The molecular weight excluding hydrogens is 384 g/mol. The molecule has 0 atom stereocenters. The Morgan fingerprint density at radius 1 is 1.38 bits per heavy atom. The highest BCUT2D eigenvalue weighted by molar-refractivity contribution is 7.80. The van der Waals surface area contributed by atoms with Crippen LogP contribution in [0.4, 0.5) is 0 Å². The number of carbonyl (C=O) groups is 1. The fourth-order valence-corrected chi connectivity index (χ4v) is 4.35. The molecule has 3 aromatic rings. The molecule has 3 rings (SSSR count). The van der Waals surface area contributed by atoms with Crippen molar-refractivity contribution >= 4 is 67.6 Å². The Kier molecular flexibility index (Phi) is 5.35. The van der Waals surface area contributed by atoms with Crippen molar-refractivity contribution in [2.45, 2.75) is 6.54 Å². The number of fused-ring (bicyclic) bond motifs is 1. The molecule has 124 valence electrons. The molecule has 0 aliphatic heterocycles. The van der Waals surface area contributed by atoms with Crippen molar-refractivity contribution in [3.05, 3.63) is 50.5 Å². The van der Waals surface area contributed by atoms with Gasteiger partial charge in [-0.3, -0.25) is 10.1 Å². The van der Waals surface area contributed by atoms with E-state index in [0.29, 0.717) is 16.4 Å². The van der Waals surface area contributed by atoms with Crippen LogP contribution in [0, 0.1) is 0 Å². The van der Waals surface area contributed by atoms with Crippen molar-refractivity contribution in [1.82, 2.24) is 10.6 Å². The van der Waals surface area contributed by atoms with E-state index in [0.717, 1.165) is 20.7 Å². The highest BCUT2D eigenvalue weighted by Crippen LogP contribution is 2.37. The van der Waals surface area contributed by atoms with Crippen molar-refractivity contribution in [3.8, 4) is 5.75 Å². The van der Waals surface area contributed by atoms with Gasteiger partial charge in [0.05, 0.1) is 18.7 Å². The molecule has 0 saturated heterocycles. The van der Waals surface area contributed by atoms with Crippen LogP contribution >= 0.6 is 46.5 Å². The standard InChI is InChI=1S/C16H13ClN2O2S3/c1-21-9-4-5-11-12(7-9)24-14(13(11)17)15(20)19-16(22)18-8-10-3-2-6-23-10/h2-7H,8H2,1H3,(H2,18,19,20,22). The monoisotopic (exact) mass is 396 g/mol. The van der Waals surface area contributed by atoms with Gasteiger partial charge in [0.2, 0.25) is 0 Å². The molecule has 0 aliphatic rings. The summed E-state index contributed by atoms with van der Waals surface area (Å²) in [6.07, 6.45) is 0. The van der Waals surface area contributed by atoms with Gasteiger partial charge in [0.1, 0.15) is 10.6 Å². The van der Waals surface area contributed by atoms with Crippen LogP contribution in [0.1, 0.15) is 14.5 Å². The predicted octanol–water partition coefficient (Wildman–Crippen LogP) is 4.43. The topological polar surface area (TPSA) is 50.4 Å². The summed E-state index contributed by atoms with van der Waals surface area (Å²) in [5.74, 6) is 0.407.